The molecule has 1 N–H and O–H groups in total. The van der Waals surface area contributed by atoms with Gasteiger partial charge in [0.15, 0.2) is 6.61 Å². The number of hydrogen-bond donors (Lipinski definition) is 1. The van der Waals surface area contributed by atoms with Crippen LogP contribution in [0.5, 0.6) is 0 Å². The molecule has 0 bridgehead atoms. The molecule has 2 rings (SSSR count). The Hall–Kier alpha value is -2.44. The second-order valence-corrected chi connectivity index (χ2v) is 5.38. The van der Waals surface area contributed by atoms with Gasteiger partial charge in [0.25, 0.3) is 11.6 Å². The van der Waals surface area contributed by atoms with Gasteiger partial charge in [-0.25, -0.2) is 4.79 Å². The number of nitrogens with one attached hydrogen (secondary N) is 1. The Bertz CT molecular complexity index is 594. The Morgan fingerprint density at radius 1 is 1.36 bits per heavy atom. The summed E-state index contributed by atoms with van der Waals surface area (Å²) < 4.78 is 4.93. The van der Waals surface area contributed by atoms with Crippen molar-refractivity contribution >= 4 is 17.6 Å². The van der Waals surface area contributed by atoms with Gasteiger partial charge in [-0.1, -0.05) is 12.8 Å². The van der Waals surface area contributed by atoms with E-state index < -0.39 is 10.9 Å². The number of carbonyl (C=O) groups is 2. The van der Waals surface area contributed by atoms with E-state index in [0.717, 1.165) is 25.7 Å². The average molecular weight is 306 g/mol. The van der Waals surface area contributed by atoms with Crippen LogP contribution in [0.2, 0.25) is 0 Å². The highest BCUT2D eigenvalue weighted by atomic mass is 16.6. The fraction of sp³-hybridized carbons (Fsp3) is 0.467. The maximum absolute atomic E-state index is 11.8. The first-order valence-electron chi connectivity index (χ1n) is 7.19. The van der Waals surface area contributed by atoms with Gasteiger partial charge in [0, 0.05) is 17.7 Å². The number of carbonyl (C=O) groups excluding carboxylic acids is 2. The van der Waals surface area contributed by atoms with Gasteiger partial charge >= 0.3 is 5.97 Å². The summed E-state index contributed by atoms with van der Waals surface area (Å²) in [6.45, 7) is 1.20. The predicted octanol–water partition coefficient (Wildman–Crippen LogP) is 2.12. The number of esters is 1. The lowest BCUT2D eigenvalue weighted by atomic mass is 10.1. The van der Waals surface area contributed by atoms with Crippen LogP contribution in [0.25, 0.3) is 0 Å². The number of benzene rings is 1. The minimum atomic E-state index is -0.667. The van der Waals surface area contributed by atoms with Gasteiger partial charge in [-0.05, 0) is 31.9 Å². The van der Waals surface area contributed by atoms with Crippen molar-refractivity contribution in [3.8, 4) is 0 Å². The van der Waals surface area contributed by atoms with E-state index in [9.17, 15) is 19.7 Å². The van der Waals surface area contributed by atoms with Crippen molar-refractivity contribution in [2.75, 3.05) is 6.61 Å². The van der Waals surface area contributed by atoms with Crippen molar-refractivity contribution in [2.45, 2.75) is 38.6 Å². The van der Waals surface area contributed by atoms with Crippen LogP contribution in [0.4, 0.5) is 5.69 Å². The fourth-order valence-corrected chi connectivity index (χ4v) is 2.54. The summed E-state index contributed by atoms with van der Waals surface area (Å²) in [5.41, 5.74) is 0.502. The average Bonchev–Trinajstić information content (AvgIpc) is 2.97. The van der Waals surface area contributed by atoms with Crippen molar-refractivity contribution in [2.24, 2.45) is 0 Å². The standard InChI is InChI=1S/C15H18N2O5/c1-10-8-11(6-7-13(10)17(20)21)15(19)22-9-14(18)16-12-4-2-3-5-12/h6-8,12H,2-5,9H2,1H3,(H,16,18). The number of nitrogens with zero attached hydrogens (tertiary/aromatic N) is 1. The van der Waals surface area contributed by atoms with Crippen molar-refractivity contribution in [3.05, 3.63) is 39.4 Å². The zero-order valence-corrected chi connectivity index (χ0v) is 12.3. The molecule has 22 heavy (non-hydrogen) atoms. The quantitative estimate of drug-likeness (QED) is 0.510. The van der Waals surface area contributed by atoms with E-state index in [1.165, 1.54) is 18.2 Å². The zero-order valence-electron chi connectivity index (χ0n) is 12.3. The Kier molecular flexibility index (Phi) is 5.08. The minimum absolute atomic E-state index is 0.0597. The number of amides is 1. The smallest absolute Gasteiger partial charge is 0.338 e. The molecule has 0 aliphatic heterocycles. The van der Waals surface area contributed by atoms with Crippen LogP contribution in [0.3, 0.4) is 0 Å². The van der Waals surface area contributed by atoms with E-state index in [2.05, 4.69) is 5.32 Å². The molecule has 0 spiro atoms. The summed E-state index contributed by atoms with van der Waals surface area (Å²) in [4.78, 5) is 33.7. The van der Waals surface area contributed by atoms with Crippen LogP contribution in [0.15, 0.2) is 18.2 Å². The lowest BCUT2D eigenvalue weighted by molar-refractivity contribution is -0.385. The molecule has 1 aromatic rings. The molecule has 1 amide bonds. The van der Waals surface area contributed by atoms with Gasteiger partial charge in [-0.15, -0.1) is 0 Å². The third kappa shape index (κ3) is 4.03. The summed E-state index contributed by atoms with van der Waals surface area (Å²) in [6, 6.07) is 4.13. The Labute approximate surface area is 127 Å². The normalized spacial score (nSPS) is 14.6. The number of hydrogen-bond acceptors (Lipinski definition) is 5. The van der Waals surface area contributed by atoms with Gasteiger partial charge in [-0.3, -0.25) is 14.9 Å². The number of ether oxygens (including phenoxy) is 1. The molecule has 118 valence electrons. The van der Waals surface area contributed by atoms with Crippen LogP contribution in [0.1, 0.15) is 41.6 Å². The highest BCUT2D eigenvalue weighted by molar-refractivity contribution is 5.91. The molecule has 7 nitrogen and oxygen atoms in total. The molecule has 0 radical (unpaired) electrons. The molecule has 1 aliphatic rings. The van der Waals surface area contributed by atoms with E-state index in [-0.39, 0.29) is 29.8 Å². The van der Waals surface area contributed by atoms with Gasteiger partial charge in [0.05, 0.1) is 10.5 Å². The van der Waals surface area contributed by atoms with Crippen molar-refractivity contribution < 1.29 is 19.2 Å². The molecular formula is C15H18N2O5. The molecular weight excluding hydrogens is 288 g/mol. The van der Waals surface area contributed by atoms with E-state index >= 15 is 0 Å². The molecule has 7 heteroatoms. The molecule has 0 aromatic heterocycles. The first kappa shape index (κ1) is 15.9. The largest absolute Gasteiger partial charge is 0.452 e. The predicted molar refractivity (Wildman–Crippen MR) is 78.5 cm³/mol. The van der Waals surface area contributed by atoms with E-state index in [4.69, 9.17) is 4.74 Å². The third-order valence-electron chi connectivity index (χ3n) is 3.68. The van der Waals surface area contributed by atoms with Crippen LogP contribution < -0.4 is 5.32 Å². The van der Waals surface area contributed by atoms with Gasteiger partial charge in [0.1, 0.15) is 0 Å². The van der Waals surface area contributed by atoms with Crippen LogP contribution >= 0.6 is 0 Å². The second kappa shape index (κ2) is 7.02. The highest BCUT2D eigenvalue weighted by Gasteiger charge is 2.19. The Morgan fingerprint density at radius 3 is 2.64 bits per heavy atom. The number of nitro groups is 1. The van der Waals surface area contributed by atoms with E-state index in [0.29, 0.717) is 5.56 Å². The minimum Gasteiger partial charge on any atom is -0.452 e. The highest BCUT2D eigenvalue weighted by Crippen LogP contribution is 2.19. The molecule has 0 unspecified atom stereocenters. The summed E-state index contributed by atoms with van der Waals surface area (Å²) in [5.74, 6) is -0.988. The topological polar surface area (TPSA) is 98.5 Å². The zero-order chi connectivity index (χ0) is 16.1. The molecule has 1 fully saturated rings. The first-order chi connectivity index (χ1) is 10.5. The third-order valence-corrected chi connectivity index (χ3v) is 3.68. The van der Waals surface area contributed by atoms with Crippen molar-refractivity contribution in [1.29, 1.82) is 0 Å². The lowest BCUT2D eigenvalue weighted by Crippen LogP contribution is -2.35. The molecule has 0 heterocycles. The maximum atomic E-state index is 11.8. The summed E-state index contributed by atoms with van der Waals surface area (Å²) >= 11 is 0. The second-order valence-electron chi connectivity index (χ2n) is 5.38. The number of rotatable bonds is 5. The maximum Gasteiger partial charge on any atom is 0.338 e. The van der Waals surface area contributed by atoms with Crippen LogP contribution in [-0.2, 0) is 9.53 Å². The fourth-order valence-electron chi connectivity index (χ4n) is 2.54. The monoisotopic (exact) mass is 306 g/mol. The van der Waals surface area contributed by atoms with Gasteiger partial charge in [0.2, 0.25) is 0 Å². The van der Waals surface area contributed by atoms with Crippen LogP contribution in [0, 0.1) is 17.0 Å². The lowest BCUT2D eigenvalue weighted by Gasteiger charge is -2.12. The number of nitro benzene ring substituents is 1. The molecule has 1 aliphatic carbocycles. The summed E-state index contributed by atoms with van der Waals surface area (Å²) in [7, 11) is 0. The SMILES string of the molecule is Cc1cc(C(=O)OCC(=O)NC2CCCC2)ccc1[N+](=O)[O-]. The molecule has 0 saturated heterocycles. The summed E-state index contributed by atoms with van der Waals surface area (Å²) in [5, 5.41) is 13.5. The van der Waals surface area contributed by atoms with Gasteiger partial charge in [-0.2, -0.15) is 0 Å². The Morgan fingerprint density at radius 2 is 2.05 bits per heavy atom. The van der Waals surface area contributed by atoms with Gasteiger partial charge < -0.3 is 10.1 Å². The van der Waals surface area contributed by atoms with E-state index in [1.807, 2.05) is 0 Å². The Balaban J connectivity index is 1.87. The van der Waals surface area contributed by atoms with Crippen LogP contribution in [-0.4, -0.2) is 29.4 Å². The number of aryl methyl sites for hydroxylation is 1. The molecule has 0 atom stereocenters. The van der Waals surface area contributed by atoms with Crippen molar-refractivity contribution in [1.82, 2.24) is 5.32 Å². The molecule has 1 aromatic carbocycles. The molecule has 1 saturated carbocycles. The van der Waals surface area contributed by atoms with E-state index in [1.54, 1.807) is 6.92 Å². The van der Waals surface area contributed by atoms with Crippen molar-refractivity contribution in [3.63, 3.8) is 0 Å². The first-order valence-corrected chi connectivity index (χ1v) is 7.19. The summed E-state index contributed by atoms with van der Waals surface area (Å²) in [6.07, 6.45) is 4.13.